The van der Waals surface area contributed by atoms with Gasteiger partial charge < -0.3 is 10.2 Å². The summed E-state index contributed by atoms with van der Waals surface area (Å²) < 4.78 is 0.955. The van der Waals surface area contributed by atoms with Gasteiger partial charge in [-0.25, -0.2) is 9.97 Å². The van der Waals surface area contributed by atoms with Gasteiger partial charge in [0.25, 0.3) is 5.91 Å². The number of aryl methyl sites for hydroxylation is 1. The van der Waals surface area contributed by atoms with E-state index in [2.05, 4.69) is 50.0 Å². The molecular weight excluding hydrogens is 344 g/mol. The Labute approximate surface area is 138 Å². The smallest absolute Gasteiger partial charge is 0.274 e. The summed E-state index contributed by atoms with van der Waals surface area (Å²) in [6, 6.07) is 7.40. The van der Waals surface area contributed by atoms with Gasteiger partial charge in [-0.05, 0) is 38.5 Å². The number of anilines is 2. The van der Waals surface area contributed by atoms with Gasteiger partial charge in [0.2, 0.25) is 0 Å². The van der Waals surface area contributed by atoms with Crippen molar-refractivity contribution < 1.29 is 4.79 Å². The molecular formula is C16H19BrN4O. The fourth-order valence-corrected chi connectivity index (χ4v) is 2.44. The van der Waals surface area contributed by atoms with E-state index in [1.807, 2.05) is 25.1 Å². The minimum Gasteiger partial charge on any atom is -0.357 e. The van der Waals surface area contributed by atoms with Gasteiger partial charge in [-0.15, -0.1) is 0 Å². The molecule has 0 bridgehead atoms. The molecule has 5 nitrogen and oxygen atoms in total. The molecule has 0 aliphatic rings. The number of carbonyl (C=O) groups is 1. The zero-order valence-electron chi connectivity index (χ0n) is 12.9. The van der Waals surface area contributed by atoms with Crippen molar-refractivity contribution in [3.8, 4) is 0 Å². The van der Waals surface area contributed by atoms with Crippen LogP contribution in [-0.4, -0.2) is 29.0 Å². The van der Waals surface area contributed by atoms with Crippen LogP contribution in [-0.2, 0) is 0 Å². The van der Waals surface area contributed by atoms with Crippen molar-refractivity contribution in [2.24, 2.45) is 0 Å². The molecule has 0 saturated heterocycles. The molecule has 0 unspecified atom stereocenters. The van der Waals surface area contributed by atoms with Crippen molar-refractivity contribution in [3.63, 3.8) is 0 Å². The normalized spacial score (nSPS) is 10.4. The molecule has 0 spiro atoms. The van der Waals surface area contributed by atoms with Crippen LogP contribution >= 0.6 is 15.9 Å². The minimum absolute atomic E-state index is 0.244. The van der Waals surface area contributed by atoms with Gasteiger partial charge in [0.15, 0.2) is 0 Å². The molecule has 1 N–H and O–H groups in total. The highest BCUT2D eigenvalue weighted by molar-refractivity contribution is 9.10. The molecule has 0 aliphatic carbocycles. The Hall–Kier alpha value is -1.95. The Kier molecular flexibility index (Phi) is 5.49. The molecule has 2 rings (SSSR count). The van der Waals surface area contributed by atoms with Crippen molar-refractivity contribution in [2.45, 2.75) is 20.8 Å². The van der Waals surface area contributed by atoms with E-state index in [1.54, 1.807) is 6.07 Å². The second kappa shape index (κ2) is 7.35. The Morgan fingerprint density at radius 1 is 1.23 bits per heavy atom. The van der Waals surface area contributed by atoms with Gasteiger partial charge in [-0.2, -0.15) is 0 Å². The molecule has 2 aromatic rings. The first-order valence-corrected chi connectivity index (χ1v) is 7.99. The number of hydrogen-bond donors (Lipinski definition) is 1. The summed E-state index contributed by atoms with van der Waals surface area (Å²) in [7, 11) is 0. The average Bonchev–Trinajstić information content (AvgIpc) is 2.52. The van der Waals surface area contributed by atoms with Gasteiger partial charge in [0.1, 0.15) is 17.8 Å². The maximum absolute atomic E-state index is 12.3. The van der Waals surface area contributed by atoms with Gasteiger partial charge >= 0.3 is 0 Å². The minimum atomic E-state index is -0.244. The van der Waals surface area contributed by atoms with E-state index in [4.69, 9.17) is 0 Å². The van der Waals surface area contributed by atoms with Gasteiger partial charge in [-0.1, -0.05) is 22.0 Å². The van der Waals surface area contributed by atoms with Crippen LogP contribution < -0.4 is 10.2 Å². The maximum atomic E-state index is 12.3. The number of benzene rings is 1. The number of carbonyl (C=O) groups excluding carboxylic acids is 1. The van der Waals surface area contributed by atoms with Crippen molar-refractivity contribution in [1.29, 1.82) is 0 Å². The zero-order valence-corrected chi connectivity index (χ0v) is 14.5. The number of halogens is 1. The molecule has 0 atom stereocenters. The van der Waals surface area contributed by atoms with Gasteiger partial charge in [0, 0.05) is 29.3 Å². The van der Waals surface area contributed by atoms with E-state index >= 15 is 0 Å². The molecule has 1 aromatic carbocycles. The molecule has 0 saturated carbocycles. The lowest BCUT2D eigenvalue weighted by Gasteiger charge is -2.19. The highest BCUT2D eigenvalue weighted by atomic mass is 79.9. The molecule has 0 radical (unpaired) electrons. The summed E-state index contributed by atoms with van der Waals surface area (Å²) in [5.74, 6) is 0.516. The van der Waals surface area contributed by atoms with E-state index in [0.29, 0.717) is 5.69 Å². The number of nitrogens with zero attached hydrogens (tertiary/aromatic N) is 3. The van der Waals surface area contributed by atoms with Gasteiger partial charge in [0.05, 0.1) is 0 Å². The highest BCUT2D eigenvalue weighted by Gasteiger charge is 2.12. The summed E-state index contributed by atoms with van der Waals surface area (Å²) >= 11 is 3.46. The van der Waals surface area contributed by atoms with E-state index < -0.39 is 0 Å². The number of aromatic nitrogens is 2. The summed E-state index contributed by atoms with van der Waals surface area (Å²) in [6.45, 7) is 7.76. The van der Waals surface area contributed by atoms with E-state index in [1.165, 1.54) is 6.33 Å². The Morgan fingerprint density at radius 2 is 1.95 bits per heavy atom. The van der Waals surface area contributed by atoms with E-state index in [9.17, 15) is 4.79 Å². The maximum Gasteiger partial charge on any atom is 0.274 e. The Balaban J connectivity index is 2.18. The van der Waals surface area contributed by atoms with Crippen molar-refractivity contribution in [1.82, 2.24) is 9.97 Å². The molecule has 1 aromatic heterocycles. The zero-order chi connectivity index (χ0) is 16.1. The van der Waals surface area contributed by atoms with Crippen molar-refractivity contribution in [2.75, 3.05) is 23.3 Å². The molecule has 22 heavy (non-hydrogen) atoms. The van der Waals surface area contributed by atoms with Crippen LogP contribution in [0.1, 0.15) is 29.9 Å². The van der Waals surface area contributed by atoms with Crippen LogP contribution in [0, 0.1) is 6.92 Å². The number of amides is 1. The third-order valence-electron chi connectivity index (χ3n) is 3.40. The standard InChI is InChI=1S/C16H19BrN4O/c1-4-21(5-2)15-9-14(18-10-19-15)16(22)20-12-7-6-11(3)13(17)8-12/h6-10H,4-5H2,1-3H3,(H,20,22). The van der Waals surface area contributed by atoms with Crippen LogP contribution in [0.3, 0.4) is 0 Å². The van der Waals surface area contributed by atoms with Crippen molar-refractivity contribution >= 4 is 33.3 Å². The summed E-state index contributed by atoms with van der Waals surface area (Å²) in [5.41, 5.74) is 2.20. The fraction of sp³-hybridized carbons (Fsp3) is 0.312. The third-order valence-corrected chi connectivity index (χ3v) is 4.26. The SMILES string of the molecule is CCN(CC)c1cc(C(=O)Nc2ccc(C)c(Br)c2)ncn1. The molecule has 116 valence electrons. The second-order valence-corrected chi connectivity index (χ2v) is 5.71. The van der Waals surface area contributed by atoms with Crippen LogP contribution in [0.25, 0.3) is 0 Å². The first-order valence-electron chi connectivity index (χ1n) is 7.19. The highest BCUT2D eigenvalue weighted by Crippen LogP contribution is 2.21. The molecule has 1 amide bonds. The van der Waals surface area contributed by atoms with Crippen LogP contribution in [0.4, 0.5) is 11.5 Å². The van der Waals surface area contributed by atoms with Crippen LogP contribution in [0.5, 0.6) is 0 Å². The number of rotatable bonds is 5. The third kappa shape index (κ3) is 3.82. The average molecular weight is 363 g/mol. The predicted molar refractivity (Wildman–Crippen MR) is 92.4 cm³/mol. The van der Waals surface area contributed by atoms with Crippen LogP contribution in [0.2, 0.25) is 0 Å². The fourth-order valence-electron chi connectivity index (χ4n) is 2.06. The molecule has 0 fully saturated rings. The first kappa shape index (κ1) is 16.4. The summed E-state index contributed by atoms with van der Waals surface area (Å²) in [4.78, 5) is 22.7. The van der Waals surface area contributed by atoms with Crippen LogP contribution in [0.15, 0.2) is 35.1 Å². The lowest BCUT2D eigenvalue weighted by Crippen LogP contribution is -2.24. The largest absolute Gasteiger partial charge is 0.357 e. The first-order chi connectivity index (χ1) is 10.5. The Bertz CT molecular complexity index is 671. The monoisotopic (exact) mass is 362 g/mol. The molecule has 0 aliphatic heterocycles. The van der Waals surface area contributed by atoms with E-state index in [-0.39, 0.29) is 5.91 Å². The lowest BCUT2D eigenvalue weighted by atomic mass is 10.2. The van der Waals surface area contributed by atoms with Crippen molar-refractivity contribution in [3.05, 3.63) is 46.3 Å². The van der Waals surface area contributed by atoms with Gasteiger partial charge in [-0.3, -0.25) is 4.79 Å². The summed E-state index contributed by atoms with van der Waals surface area (Å²) in [6.07, 6.45) is 1.42. The molecule has 1 heterocycles. The quantitative estimate of drug-likeness (QED) is 0.881. The lowest BCUT2D eigenvalue weighted by molar-refractivity contribution is 0.102. The molecule has 6 heteroatoms. The second-order valence-electron chi connectivity index (χ2n) is 4.85. The number of hydrogen-bond acceptors (Lipinski definition) is 4. The summed E-state index contributed by atoms with van der Waals surface area (Å²) in [5, 5.41) is 2.85. The number of nitrogens with one attached hydrogen (secondary N) is 1. The Morgan fingerprint density at radius 3 is 2.59 bits per heavy atom. The topological polar surface area (TPSA) is 58.1 Å². The predicted octanol–water partition coefficient (Wildman–Crippen LogP) is 3.65. The van der Waals surface area contributed by atoms with E-state index in [0.717, 1.165) is 34.6 Å².